The fourth-order valence-electron chi connectivity index (χ4n) is 2.12. The summed E-state index contributed by atoms with van der Waals surface area (Å²) in [6.45, 7) is 1.57. The van der Waals surface area contributed by atoms with E-state index in [2.05, 4.69) is 9.97 Å². The summed E-state index contributed by atoms with van der Waals surface area (Å²) in [6.07, 6.45) is 1.79. The van der Waals surface area contributed by atoms with Gasteiger partial charge < -0.3 is 4.98 Å². The van der Waals surface area contributed by atoms with Crippen molar-refractivity contribution in [1.82, 2.24) is 9.97 Å². The van der Waals surface area contributed by atoms with Gasteiger partial charge in [0.15, 0.2) is 5.78 Å². The van der Waals surface area contributed by atoms with Gasteiger partial charge in [-0.3, -0.25) is 4.79 Å². The van der Waals surface area contributed by atoms with Crippen molar-refractivity contribution in [1.29, 1.82) is 0 Å². The maximum absolute atomic E-state index is 11.4. The Morgan fingerprint density at radius 1 is 1.00 bits per heavy atom. The lowest BCUT2D eigenvalue weighted by molar-refractivity contribution is 0.101. The van der Waals surface area contributed by atoms with Gasteiger partial charge in [0, 0.05) is 16.7 Å². The van der Waals surface area contributed by atoms with E-state index in [1.807, 2.05) is 54.6 Å². The minimum atomic E-state index is 0.0645. The predicted octanol–water partition coefficient (Wildman–Crippen LogP) is 3.95. The van der Waals surface area contributed by atoms with E-state index in [-0.39, 0.29) is 5.78 Å². The highest BCUT2D eigenvalue weighted by atomic mass is 16.1. The lowest BCUT2D eigenvalue weighted by atomic mass is 10.1. The number of ketones is 1. The van der Waals surface area contributed by atoms with Crippen LogP contribution in [0.4, 0.5) is 0 Å². The molecule has 1 N–H and O–H groups in total. The number of rotatable bonds is 3. The summed E-state index contributed by atoms with van der Waals surface area (Å²) in [7, 11) is 0. The standard InChI is InChI=1S/C17H14N2O/c1-12(20)14-8-5-9-15(10-14)16-11-18-17(19-16)13-6-3-2-4-7-13/h2-11H,1H3,(H,18,19). The highest BCUT2D eigenvalue weighted by molar-refractivity contribution is 5.95. The number of carbonyl (C=O) groups excluding carboxylic acids is 1. The monoisotopic (exact) mass is 262 g/mol. The molecule has 0 saturated heterocycles. The Morgan fingerprint density at radius 3 is 2.50 bits per heavy atom. The van der Waals surface area contributed by atoms with Gasteiger partial charge in [-0.2, -0.15) is 0 Å². The van der Waals surface area contributed by atoms with E-state index in [1.54, 1.807) is 13.1 Å². The second-order valence-electron chi connectivity index (χ2n) is 4.65. The zero-order chi connectivity index (χ0) is 13.9. The highest BCUT2D eigenvalue weighted by Gasteiger charge is 2.07. The molecule has 0 spiro atoms. The van der Waals surface area contributed by atoms with Crippen molar-refractivity contribution < 1.29 is 4.79 Å². The molecule has 0 aliphatic carbocycles. The first-order chi connectivity index (χ1) is 9.74. The Kier molecular flexibility index (Phi) is 3.17. The number of H-pyrrole nitrogens is 1. The minimum Gasteiger partial charge on any atom is -0.338 e. The van der Waals surface area contributed by atoms with Gasteiger partial charge in [-0.1, -0.05) is 48.5 Å². The first-order valence-electron chi connectivity index (χ1n) is 6.46. The van der Waals surface area contributed by atoms with E-state index >= 15 is 0 Å². The van der Waals surface area contributed by atoms with E-state index in [1.165, 1.54) is 0 Å². The van der Waals surface area contributed by atoms with Crippen LogP contribution in [-0.4, -0.2) is 15.8 Å². The molecule has 3 rings (SSSR count). The molecular weight excluding hydrogens is 248 g/mol. The number of Topliss-reactive ketones (excluding diaryl/α,β-unsaturated/α-hetero) is 1. The molecule has 1 heterocycles. The smallest absolute Gasteiger partial charge is 0.159 e. The SMILES string of the molecule is CC(=O)c1cccc(-c2cnc(-c3ccccc3)[nH]2)c1. The van der Waals surface area contributed by atoms with Crippen LogP contribution in [-0.2, 0) is 0 Å². The third-order valence-electron chi connectivity index (χ3n) is 3.20. The van der Waals surface area contributed by atoms with Gasteiger partial charge in [-0.15, -0.1) is 0 Å². The molecule has 3 heteroatoms. The molecule has 3 aromatic rings. The lowest BCUT2D eigenvalue weighted by Gasteiger charge is -2.00. The summed E-state index contributed by atoms with van der Waals surface area (Å²) in [5.74, 6) is 0.892. The number of hydrogen-bond acceptors (Lipinski definition) is 2. The normalized spacial score (nSPS) is 10.4. The lowest BCUT2D eigenvalue weighted by Crippen LogP contribution is -1.91. The molecule has 0 aliphatic rings. The first kappa shape index (κ1) is 12.4. The molecule has 0 amide bonds. The van der Waals surface area contributed by atoms with E-state index in [0.717, 1.165) is 22.6 Å². The average Bonchev–Trinajstić information content (AvgIpc) is 2.98. The molecule has 98 valence electrons. The average molecular weight is 262 g/mol. The van der Waals surface area contributed by atoms with Gasteiger partial charge in [-0.25, -0.2) is 4.98 Å². The summed E-state index contributed by atoms with van der Waals surface area (Å²) in [5, 5.41) is 0. The molecule has 2 aromatic carbocycles. The molecule has 0 atom stereocenters. The Balaban J connectivity index is 1.98. The van der Waals surface area contributed by atoms with Gasteiger partial charge in [-0.05, 0) is 13.0 Å². The molecule has 0 bridgehead atoms. The van der Waals surface area contributed by atoms with Crippen LogP contribution in [0, 0.1) is 0 Å². The number of aromatic amines is 1. The van der Waals surface area contributed by atoms with Gasteiger partial charge in [0.25, 0.3) is 0 Å². The summed E-state index contributed by atoms with van der Waals surface area (Å²) in [4.78, 5) is 19.1. The van der Waals surface area contributed by atoms with Crippen LogP contribution >= 0.6 is 0 Å². The molecule has 1 aromatic heterocycles. The van der Waals surface area contributed by atoms with Crippen LogP contribution in [0.15, 0.2) is 60.8 Å². The molecule has 20 heavy (non-hydrogen) atoms. The second kappa shape index (κ2) is 5.13. The zero-order valence-corrected chi connectivity index (χ0v) is 11.1. The number of carbonyl (C=O) groups is 1. The number of nitrogens with zero attached hydrogens (tertiary/aromatic N) is 1. The van der Waals surface area contributed by atoms with Crippen molar-refractivity contribution >= 4 is 5.78 Å². The van der Waals surface area contributed by atoms with Gasteiger partial charge in [0.05, 0.1) is 11.9 Å². The molecular formula is C17H14N2O. The molecule has 3 nitrogen and oxygen atoms in total. The van der Waals surface area contributed by atoms with Crippen LogP contribution in [0.2, 0.25) is 0 Å². The van der Waals surface area contributed by atoms with Crippen LogP contribution in [0.5, 0.6) is 0 Å². The predicted molar refractivity (Wildman–Crippen MR) is 79.5 cm³/mol. The van der Waals surface area contributed by atoms with E-state index in [9.17, 15) is 4.79 Å². The Morgan fingerprint density at radius 2 is 1.75 bits per heavy atom. The second-order valence-corrected chi connectivity index (χ2v) is 4.65. The van der Waals surface area contributed by atoms with Crippen LogP contribution in [0.3, 0.4) is 0 Å². The van der Waals surface area contributed by atoms with Crippen LogP contribution < -0.4 is 0 Å². The summed E-state index contributed by atoms with van der Waals surface area (Å²) < 4.78 is 0. The maximum atomic E-state index is 11.4. The maximum Gasteiger partial charge on any atom is 0.159 e. The molecule has 0 aliphatic heterocycles. The largest absolute Gasteiger partial charge is 0.338 e. The van der Waals surface area contributed by atoms with Gasteiger partial charge in [0.2, 0.25) is 0 Å². The number of imidazole rings is 1. The third-order valence-corrected chi connectivity index (χ3v) is 3.20. The molecule has 0 fully saturated rings. The van der Waals surface area contributed by atoms with Crippen molar-refractivity contribution in [3.63, 3.8) is 0 Å². The molecule has 0 saturated carbocycles. The van der Waals surface area contributed by atoms with Gasteiger partial charge >= 0.3 is 0 Å². The fourth-order valence-corrected chi connectivity index (χ4v) is 2.12. The minimum absolute atomic E-state index is 0.0645. The number of nitrogens with one attached hydrogen (secondary N) is 1. The Bertz CT molecular complexity index is 744. The van der Waals surface area contributed by atoms with E-state index in [4.69, 9.17) is 0 Å². The van der Waals surface area contributed by atoms with Crippen LogP contribution in [0.25, 0.3) is 22.6 Å². The van der Waals surface area contributed by atoms with E-state index in [0.29, 0.717) is 5.56 Å². The summed E-state index contributed by atoms with van der Waals surface area (Å²) in [5.41, 5.74) is 3.62. The summed E-state index contributed by atoms with van der Waals surface area (Å²) >= 11 is 0. The van der Waals surface area contributed by atoms with Crippen molar-refractivity contribution in [3.05, 3.63) is 66.4 Å². The first-order valence-corrected chi connectivity index (χ1v) is 6.46. The third kappa shape index (κ3) is 2.38. The molecule has 0 radical (unpaired) electrons. The van der Waals surface area contributed by atoms with Crippen LogP contribution in [0.1, 0.15) is 17.3 Å². The topological polar surface area (TPSA) is 45.8 Å². The van der Waals surface area contributed by atoms with E-state index < -0.39 is 0 Å². The van der Waals surface area contributed by atoms with Crippen molar-refractivity contribution in [2.24, 2.45) is 0 Å². The Hall–Kier alpha value is -2.68. The highest BCUT2D eigenvalue weighted by Crippen LogP contribution is 2.22. The van der Waals surface area contributed by atoms with Crippen molar-refractivity contribution in [3.8, 4) is 22.6 Å². The zero-order valence-electron chi connectivity index (χ0n) is 11.1. The Labute approximate surface area is 117 Å². The molecule has 0 unspecified atom stereocenters. The number of benzene rings is 2. The number of aromatic nitrogens is 2. The number of hydrogen-bond donors (Lipinski definition) is 1. The quantitative estimate of drug-likeness (QED) is 0.726. The van der Waals surface area contributed by atoms with Crippen molar-refractivity contribution in [2.75, 3.05) is 0 Å². The fraction of sp³-hybridized carbons (Fsp3) is 0.0588. The summed E-state index contributed by atoms with van der Waals surface area (Å²) in [6, 6.07) is 17.5. The van der Waals surface area contributed by atoms with Crippen molar-refractivity contribution in [2.45, 2.75) is 6.92 Å². The van der Waals surface area contributed by atoms with Gasteiger partial charge in [0.1, 0.15) is 5.82 Å².